The van der Waals surface area contributed by atoms with Crippen LogP contribution >= 0.6 is 0 Å². The second-order valence-corrected chi connectivity index (χ2v) is 12.3. The molecule has 0 saturated heterocycles. The smallest absolute Gasteiger partial charge is 0.0543 e. The van der Waals surface area contributed by atoms with Crippen molar-refractivity contribution >= 4 is 0 Å². The van der Waals surface area contributed by atoms with Crippen LogP contribution in [-0.2, 0) is 0 Å². The van der Waals surface area contributed by atoms with Gasteiger partial charge in [0.1, 0.15) is 0 Å². The lowest BCUT2D eigenvalue weighted by molar-refractivity contribution is -0.0414. The van der Waals surface area contributed by atoms with Gasteiger partial charge < -0.3 is 5.11 Å². The average molecular weight is 399 g/mol. The van der Waals surface area contributed by atoms with Crippen molar-refractivity contribution in [2.75, 3.05) is 0 Å². The summed E-state index contributed by atoms with van der Waals surface area (Å²) < 4.78 is 0. The zero-order valence-corrected chi connectivity index (χ0v) is 20.0. The first-order chi connectivity index (χ1) is 13.7. The van der Waals surface area contributed by atoms with Crippen LogP contribution in [0.2, 0.25) is 0 Å². The van der Waals surface area contributed by atoms with Gasteiger partial charge in [-0.3, -0.25) is 0 Å². The van der Waals surface area contributed by atoms with Gasteiger partial charge in [0.2, 0.25) is 0 Å². The number of aliphatic hydroxyl groups is 1. The molecule has 3 saturated carbocycles. The van der Waals surface area contributed by atoms with Crippen molar-refractivity contribution in [3.05, 3.63) is 23.8 Å². The van der Waals surface area contributed by atoms with Gasteiger partial charge in [-0.1, -0.05) is 65.3 Å². The first-order valence-corrected chi connectivity index (χ1v) is 12.7. The van der Waals surface area contributed by atoms with Crippen LogP contribution in [0.4, 0.5) is 0 Å². The normalized spacial score (nSPS) is 46.8. The van der Waals surface area contributed by atoms with E-state index in [0.717, 1.165) is 36.5 Å². The van der Waals surface area contributed by atoms with E-state index in [1.54, 1.807) is 0 Å². The molecule has 164 valence electrons. The molecule has 4 rings (SSSR count). The van der Waals surface area contributed by atoms with Gasteiger partial charge >= 0.3 is 0 Å². The van der Waals surface area contributed by atoms with E-state index in [-0.39, 0.29) is 6.10 Å². The standard InChI is InChI=1S/C28H46O/c1-18(2)19(3)7-8-20(4)24-11-12-25-23-10-9-21-17-22(29)13-15-27(21,5)26(23)14-16-28(24,25)6/h7-8,10,18-22,24-26,29H,9,11-17H2,1-6H3/b8-7+/t19-,20+,21+,22+,24-,25+,26+,27-,28-/m0/s1. The van der Waals surface area contributed by atoms with E-state index in [9.17, 15) is 5.11 Å². The highest BCUT2D eigenvalue weighted by Gasteiger charge is 2.57. The summed E-state index contributed by atoms with van der Waals surface area (Å²) in [6.07, 6.45) is 17.8. The third kappa shape index (κ3) is 3.58. The Labute approximate surface area is 180 Å². The third-order valence-electron chi connectivity index (χ3n) is 10.5. The SMILES string of the molecule is CC(C)[C@@H](C)/C=C/[C@@H](C)[C@@H]1CC[C@@H]2C3=CC[C@@H]4C[C@H](O)CC[C@]4(C)[C@@H]3CC[C@]21C. The summed E-state index contributed by atoms with van der Waals surface area (Å²) in [6, 6.07) is 0. The lowest BCUT2D eigenvalue weighted by Gasteiger charge is -2.57. The molecule has 0 aliphatic heterocycles. The van der Waals surface area contributed by atoms with Crippen LogP contribution in [-0.4, -0.2) is 11.2 Å². The molecule has 1 N–H and O–H groups in total. The minimum Gasteiger partial charge on any atom is -0.393 e. The van der Waals surface area contributed by atoms with Gasteiger partial charge in [-0.25, -0.2) is 0 Å². The molecule has 29 heavy (non-hydrogen) atoms. The molecule has 0 aromatic heterocycles. The van der Waals surface area contributed by atoms with Crippen LogP contribution in [0.1, 0.15) is 92.9 Å². The van der Waals surface area contributed by atoms with Crippen molar-refractivity contribution in [3.8, 4) is 0 Å². The van der Waals surface area contributed by atoms with E-state index in [1.807, 2.05) is 5.57 Å². The number of aliphatic hydroxyl groups excluding tert-OH is 1. The van der Waals surface area contributed by atoms with Crippen molar-refractivity contribution in [1.29, 1.82) is 0 Å². The van der Waals surface area contributed by atoms with Crippen LogP contribution in [0.15, 0.2) is 23.8 Å². The maximum absolute atomic E-state index is 10.2. The average Bonchev–Trinajstić information content (AvgIpc) is 3.03. The Kier molecular flexibility index (Phi) is 5.86. The van der Waals surface area contributed by atoms with Crippen molar-refractivity contribution < 1.29 is 5.11 Å². The second-order valence-electron chi connectivity index (χ2n) is 12.3. The highest BCUT2D eigenvalue weighted by Crippen LogP contribution is 2.66. The monoisotopic (exact) mass is 398 g/mol. The maximum atomic E-state index is 10.2. The van der Waals surface area contributed by atoms with Crippen molar-refractivity contribution in [3.63, 3.8) is 0 Å². The van der Waals surface area contributed by atoms with Crippen molar-refractivity contribution in [1.82, 2.24) is 0 Å². The van der Waals surface area contributed by atoms with E-state index in [2.05, 4.69) is 59.8 Å². The molecule has 1 nitrogen and oxygen atoms in total. The Bertz CT molecular complexity index is 659. The van der Waals surface area contributed by atoms with Crippen LogP contribution < -0.4 is 0 Å². The zero-order valence-electron chi connectivity index (χ0n) is 20.0. The first kappa shape index (κ1) is 21.7. The Morgan fingerprint density at radius 2 is 1.62 bits per heavy atom. The van der Waals surface area contributed by atoms with Gasteiger partial charge in [-0.05, 0) is 104 Å². The predicted octanol–water partition coefficient (Wildman–Crippen LogP) is 7.41. The summed E-state index contributed by atoms with van der Waals surface area (Å²) in [4.78, 5) is 0. The highest BCUT2D eigenvalue weighted by atomic mass is 16.3. The van der Waals surface area contributed by atoms with Gasteiger partial charge in [-0.2, -0.15) is 0 Å². The molecular weight excluding hydrogens is 352 g/mol. The first-order valence-electron chi connectivity index (χ1n) is 12.7. The molecule has 0 aromatic rings. The van der Waals surface area contributed by atoms with E-state index in [1.165, 1.54) is 38.5 Å². The molecule has 4 aliphatic carbocycles. The lowest BCUT2D eigenvalue weighted by atomic mass is 9.47. The molecule has 1 heteroatoms. The number of fused-ring (bicyclic) bond motifs is 5. The quantitative estimate of drug-likeness (QED) is 0.489. The topological polar surface area (TPSA) is 20.2 Å². The molecule has 0 heterocycles. The van der Waals surface area contributed by atoms with E-state index in [0.29, 0.717) is 28.6 Å². The Hall–Kier alpha value is -0.560. The second kappa shape index (κ2) is 7.85. The fraction of sp³-hybridized carbons (Fsp3) is 0.857. The van der Waals surface area contributed by atoms with E-state index in [4.69, 9.17) is 0 Å². The van der Waals surface area contributed by atoms with E-state index >= 15 is 0 Å². The van der Waals surface area contributed by atoms with Crippen LogP contribution in [0.3, 0.4) is 0 Å². The van der Waals surface area contributed by atoms with Gasteiger partial charge in [-0.15, -0.1) is 0 Å². The molecule has 0 amide bonds. The molecule has 0 unspecified atom stereocenters. The molecular formula is C28H46O. The molecule has 0 radical (unpaired) electrons. The molecule has 4 aliphatic rings. The molecule has 9 atom stereocenters. The van der Waals surface area contributed by atoms with Gasteiger partial charge in [0.15, 0.2) is 0 Å². The molecule has 0 spiro atoms. The van der Waals surface area contributed by atoms with Gasteiger partial charge in [0.25, 0.3) is 0 Å². The molecule has 0 bridgehead atoms. The maximum Gasteiger partial charge on any atom is 0.0543 e. The zero-order chi connectivity index (χ0) is 21.0. The number of hydrogen-bond acceptors (Lipinski definition) is 1. The fourth-order valence-electron chi connectivity index (χ4n) is 8.10. The lowest BCUT2D eigenvalue weighted by Crippen LogP contribution is -2.49. The Balaban J connectivity index is 1.54. The number of rotatable bonds is 4. The Morgan fingerprint density at radius 1 is 0.931 bits per heavy atom. The van der Waals surface area contributed by atoms with Crippen molar-refractivity contribution in [2.24, 2.45) is 52.3 Å². The largest absolute Gasteiger partial charge is 0.393 e. The summed E-state index contributed by atoms with van der Waals surface area (Å²) in [6.45, 7) is 14.7. The van der Waals surface area contributed by atoms with Gasteiger partial charge in [0, 0.05) is 0 Å². The predicted molar refractivity (Wildman–Crippen MR) is 124 cm³/mol. The van der Waals surface area contributed by atoms with Gasteiger partial charge in [0.05, 0.1) is 6.10 Å². The minimum absolute atomic E-state index is 0.0476. The van der Waals surface area contributed by atoms with Crippen LogP contribution in [0, 0.1) is 52.3 Å². The van der Waals surface area contributed by atoms with Crippen LogP contribution in [0.5, 0.6) is 0 Å². The molecule has 0 aromatic carbocycles. The van der Waals surface area contributed by atoms with Crippen LogP contribution in [0.25, 0.3) is 0 Å². The molecule has 3 fully saturated rings. The number of hydrogen-bond donors (Lipinski definition) is 1. The van der Waals surface area contributed by atoms with Crippen molar-refractivity contribution in [2.45, 2.75) is 99.0 Å². The minimum atomic E-state index is -0.0476. The fourth-order valence-corrected chi connectivity index (χ4v) is 8.10. The summed E-state index contributed by atoms with van der Waals surface area (Å²) in [7, 11) is 0. The summed E-state index contributed by atoms with van der Waals surface area (Å²) in [5.74, 6) is 5.25. The Morgan fingerprint density at radius 3 is 2.34 bits per heavy atom. The third-order valence-corrected chi connectivity index (χ3v) is 10.5. The van der Waals surface area contributed by atoms with E-state index < -0.39 is 0 Å². The highest BCUT2D eigenvalue weighted by molar-refractivity contribution is 5.28. The summed E-state index contributed by atoms with van der Waals surface area (Å²) in [5, 5.41) is 10.2. The number of allylic oxidation sites excluding steroid dienone is 4. The summed E-state index contributed by atoms with van der Waals surface area (Å²) in [5.41, 5.74) is 2.79. The summed E-state index contributed by atoms with van der Waals surface area (Å²) >= 11 is 0.